The number of halogens is 1. The lowest BCUT2D eigenvalue weighted by Crippen LogP contribution is -2.17. The van der Waals surface area contributed by atoms with Crippen molar-refractivity contribution in [1.82, 2.24) is 4.98 Å². The zero-order chi connectivity index (χ0) is 11.4. The van der Waals surface area contributed by atoms with Gasteiger partial charge in [0.25, 0.3) is 0 Å². The monoisotopic (exact) mass is 221 g/mol. The van der Waals surface area contributed by atoms with Crippen molar-refractivity contribution in [2.45, 2.75) is 38.5 Å². The van der Waals surface area contributed by atoms with Crippen LogP contribution in [0.4, 0.5) is 4.39 Å². The van der Waals surface area contributed by atoms with Crippen LogP contribution in [-0.4, -0.2) is 10.8 Å². The molecule has 1 fully saturated rings. The molecule has 1 saturated carbocycles. The number of nitrogens with zero attached hydrogens (tertiary/aromatic N) is 1. The van der Waals surface area contributed by atoms with E-state index >= 15 is 0 Å². The van der Waals surface area contributed by atoms with E-state index < -0.39 is 5.82 Å². The van der Waals surface area contributed by atoms with E-state index in [4.69, 9.17) is 0 Å². The number of rotatable bonds is 2. The molecule has 0 aliphatic heterocycles. The van der Waals surface area contributed by atoms with Gasteiger partial charge in [-0.3, -0.25) is 9.78 Å². The molecule has 1 aromatic heterocycles. The van der Waals surface area contributed by atoms with Crippen LogP contribution in [0.25, 0.3) is 0 Å². The molecule has 0 unspecified atom stereocenters. The van der Waals surface area contributed by atoms with Gasteiger partial charge in [-0.25, -0.2) is 4.39 Å². The number of carbonyl (C=O) groups excluding carboxylic acids is 1. The van der Waals surface area contributed by atoms with Gasteiger partial charge in [0, 0.05) is 12.1 Å². The summed E-state index contributed by atoms with van der Waals surface area (Å²) in [6.45, 7) is 0. The van der Waals surface area contributed by atoms with Gasteiger partial charge in [-0.1, -0.05) is 25.7 Å². The number of Topliss-reactive ketones (excluding diaryl/α,β-unsaturated/α-hetero) is 1. The third kappa shape index (κ3) is 2.46. The molecule has 86 valence electrons. The molecule has 0 atom stereocenters. The molecule has 1 heterocycles. The topological polar surface area (TPSA) is 30.0 Å². The molecule has 0 radical (unpaired) electrons. The van der Waals surface area contributed by atoms with Gasteiger partial charge in [0.15, 0.2) is 11.6 Å². The Kier molecular flexibility index (Phi) is 3.65. The summed E-state index contributed by atoms with van der Waals surface area (Å²) in [5.74, 6) is -0.622. The van der Waals surface area contributed by atoms with Crippen molar-refractivity contribution >= 4 is 5.78 Å². The largest absolute Gasteiger partial charge is 0.292 e. The maximum Gasteiger partial charge on any atom is 0.187 e. The number of hydrogen-bond donors (Lipinski definition) is 0. The highest BCUT2D eigenvalue weighted by Crippen LogP contribution is 2.26. The van der Waals surface area contributed by atoms with Crippen molar-refractivity contribution in [3.05, 3.63) is 29.8 Å². The standard InChI is InChI=1S/C13H16FNO/c14-11-8-5-9-15-12(11)13(16)10-6-3-1-2-4-7-10/h5,8-10H,1-4,6-7H2. The molecule has 0 bridgehead atoms. The SMILES string of the molecule is O=C(c1ncccc1F)C1CCCCCC1. The van der Waals surface area contributed by atoms with Gasteiger partial charge in [0.05, 0.1) is 0 Å². The maximum atomic E-state index is 13.4. The lowest BCUT2D eigenvalue weighted by atomic mass is 9.93. The first-order valence-electron chi connectivity index (χ1n) is 5.94. The molecule has 0 spiro atoms. The van der Waals surface area contributed by atoms with Crippen LogP contribution in [-0.2, 0) is 0 Å². The summed E-state index contributed by atoms with van der Waals surface area (Å²) in [6.07, 6.45) is 7.77. The summed E-state index contributed by atoms with van der Waals surface area (Å²) in [4.78, 5) is 15.9. The van der Waals surface area contributed by atoms with Crippen LogP contribution in [0.2, 0.25) is 0 Å². The fraction of sp³-hybridized carbons (Fsp3) is 0.538. The summed E-state index contributed by atoms with van der Waals surface area (Å²) in [5, 5.41) is 0. The van der Waals surface area contributed by atoms with E-state index in [9.17, 15) is 9.18 Å². The Morgan fingerprint density at radius 2 is 1.94 bits per heavy atom. The molecule has 3 heteroatoms. The Morgan fingerprint density at radius 3 is 2.56 bits per heavy atom. The van der Waals surface area contributed by atoms with Crippen molar-refractivity contribution < 1.29 is 9.18 Å². The van der Waals surface area contributed by atoms with E-state index in [1.165, 1.54) is 31.2 Å². The van der Waals surface area contributed by atoms with Crippen LogP contribution < -0.4 is 0 Å². The Morgan fingerprint density at radius 1 is 1.25 bits per heavy atom. The highest BCUT2D eigenvalue weighted by Gasteiger charge is 2.24. The Balaban J connectivity index is 2.14. The van der Waals surface area contributed by atoms with Crippen molar-refractivity contribution in [2.75, 3.05) is 0 Å². The quantitative estimate of drug-likeness (QED) is 0.566. The van der Waals surface area contributed by atoms with E-state index in [1.54, 1.807) is 0 Å². The minimum Gasteiger partial charge on any atom is -0.292 e. The van der Waals surface area contributed by atoms with E-state index in [1.807, 2.05) is 0 Å². The van der Waals surface area contributed by atoms with Gasteiger partial charge in [-0.05, 0) is 25.0 Å². The number of ketones is 1. The first-order valence-corrected chi connectivity index (χ1v) is 5.94. The second kappa shape index (κ2) is 5.19. The smallest absolute Gasteiger partial charge is 0.187 e. The van der Waals surface area contributed by atoms with Crippen LogP contribution >= 0.6 is 0 Å². The highest BCUT2D eigenvalue weighted by molar-refractivity contribution is 5.96. The molecule has 16 heavy (non-hydrogen) atoms. The van der Waals surface area contributed by atoms with E-state index in [-0.39, 0.29) is 17.4 Å². The molecule has 1 aliphatic carbocycles. The molecule has 0 saturated heterocycles. The predicted octanol–water partition coefficient (Wildman–Crippen LogP) is 3.37. The zero-order valence-electron chi connectivity index (χ0n) is 9.29. The molecular weight excluding hydrogens is 205 g/mol. The van der Waals surface area contributed by atoms with Gasteiger partial charge in [-0.2, -0.15) is 0 Å². The van der Waals surface area contributed by atoms with E-state index in [0.29, 0.717) is 0 Å². The summed E-state index contributed by atoms with van der Waals surface area (Å²) in [6, 6.07) is 2.82. The summed E-state index contributed by atoms with van der Waals surface area (Å²) in [5.41, 5.74) is 0.0226. The number of aromatic nitrogens is 1. The Labute approximate surface area is 94.9 Å². The van der Waals surface area contributed by atoms with Crippen molar-refractivity contribution in [1.29, 1.82) is 0 Å². The highest BCUT2D eigenvalue weighted by atomic mass is 19.1. The fourth-order valence-electron chi connectivity index (χ4n) is 2.30. The lowest BCUT2D eigenvalue weighted by molar-refractivity contribution is 0.0898. The summed E-state index contributed by atoms with van der Waals surface area (Å²) in [7, 11) is 0. The van der Waals surface area contributed by atoms with Crippen LogP contribution in [0.5, 0.6) is 0 Å². The minimum atomic E-state index is -0.489. The molecule has 0 N–H and O–H groups in total. The average molecular weight is 221 g/mol. The van der Waals surface area contributed by atoms with E-state index in [2.05, 4.69) is 4.98 Å². The van der Waals surface area contributed by atoms with Crippen LogP contribution in [0.3, 0.4) is 0 Å². The molecule has 2 nitrogen and oxygen atoms in total. The lowest BCUT2D eigenvalue weighted by Gasteiger charge is -2.12. The van der Waals surface area contributed by atoms with Crippen molar-refractivity contribution in [3.63, 3.8) is 0 Å². The van der Waals surface area contributed by atoms with Crippen LogP contribution in [0.1, 0.15) is 49.0 Å². The molecule has 0 amide bonds. The third-order valence-electron chi connectivity index (χ3n) is 3.22. The van der Waals surface area contributed by atoms with E-state index in [0.717, 1.165) is 25.7 Å². The molecule has 1 aromatic rings. The van der Waals surface area contributed by atoms with Gasteiger partial charge >= 0.3 is 0 Å². The van der Waals surface area contributed by atoms with Crippen LogP contribution in [0, 0.1) is 11.7 Å². The van der Waals surface area contributed by atoms with Crippen LogP contribution in [0.15, 0.2) is 18.3 Å². The average Bonchev–Trinajstić information content (AvgIpc) is 2.57. The second-order valence-electron chi connectivity index (χ2n) is 4.39. The number of hydrogen-bond acceptors (Lipinski definition) is 2. The van der Waals surface area contributed by atoms with Gasteiger partial charge in [-0.15, -0.1) is 0 Å². The first-order chi connectivity index (χ1) is 7.79. The van der Waals surface area contributed by atoms with Crippen molar-refractivity contribution in [3.8, 4) is 0 Å². The molecule has 2 rings (SSSR count). The molecular formula is C13H16FNO. The fourth-order valence-corrected chi connectivity index (χ4v) is 2.30. The second-order valence-corrected chi connectivity index (χ2v) is 4.39. The van der Waals surface area contributed by atoms with Gasteiger partial charge in [0.1, 0.15) is 5.69 Å². The first kappa shape index (κ1) is 11.2. The summed E-state index contributed by atoms with van der Waals surface area (Å²) >= 11 is 0. The van der Waals surface area contributed by atoms with Gasteiger partial charge < -0.3 is 0 Å². The zero-order valence-corrected chi connectivity index (χ0v) is 9.29. The van der Waals surface area contributed by atoms with Crippen molar-refractivity contribution in [2.24, 2.45) is 5.92 Å². The normalized spacial score (nSPS) is 18.1. The number of carbonyl (C=O) groups is 1. The maximum absolute atomic E-state index is 13.4. The van der Waals surface area contributed by atoms with Gasteiger partial charge in [0.2, 0.25) is 0 Å². The minimum absolute atomic E-state index is 0.0214. The predicted molar refractivity (Wildman–Crippen MR) is 59.7 cm³/mol. The number of pyridine rings is 1. The molecule has 1 aliphatic rings. The summed E-state index contributed by atoms with van der Waals surface area (Å²) < 4.78 is 13.4. The Bertz CT molecular complexity index is 370. The Hall–Kier alpha value is -1.25. The molecule has 0 aromatic carbocycles. The third-order valence-corrected chi connectivity index (χ3v) is 3.22.